The quantitative estimate of drug-likeness (QED) is 0.327. The zero-order chi connectivity index (χ0) is 27.4. The van der Waals surface area contributed by atoms with Gasteiger partial charge in [-0.05, 0) is 62.4 Å². The third-order valence-corrected chi connectivity index (χ3v) is 6.83. The van der Waals surface area contributed by atoms with Crippen molar-refractivity contribution in [2.75, 3.05) is 26.2 Å². The second-order valence-electron chi connectivity index (χ2n) is 9.22. The number of carbonyl (C=O) groups is 2. The van der Waals surface area contributed by atoms with Gasteiger partial charge in [-0.1, -0.05) is 11.6 Å². The summed E-state index contributed by atoms with van der Waals surface area (Å²) in [7, 11) is 0. The number of nitrogens with zero attached hydrogens (tertiary/aromatic N) is 2. The summed E-state index contributed by atoms with van der Waals surface area (Å²) in [6.45, 7) is 1.32. The van der Waals surface area contributed by atoms with E-state index in [0.29, 0.717) is 36.6 Å². The summed E-state index contributed by atoms with van der Waals surface area (Å²) in [5.41, 5.74) is 0.469. The van der Waals surface area contributed by atoms with Gasteiger partial charge in [0.1, 0.15) is 5.75 Å². The van der Waals surface area contributed by atoms with Gasteiger partial charge in [0.2, 0.25) is 0 Å². The van der Waals surface area contributed by atoms with E-state index in [1.165, 1.54) is 0 Å². The van der Waals surface area contributed by atoms with Gasteiger partial charge in [-0.15, -0.1) is 0 Å². The van der Waals surface area contributed by atoms with E-state index in [4.69, 9.17) is 21.4 Å². The molecule has 0 saturated carbocycles. The Morgan fingerprint density at radius 1 is 1.03 bits per heavy atom. The highest BCUT2D eigenvalue weighted by Gasteiger charge is 2.60. The molecule has 0 bridgehead atoms. The number of alkyl halides is 6. The molecule has 7 nitrogen and oxygen atoms in total. The van der Waals surface area contributed by atoms with Crippen molar-refractivity contribution in [3.05, 3.63) is 28.8 Å². The molecule has 2 heterocycles. The number of carboxylic acid groups (broad SMARTS) is 1. The topological polar surface area (TPSA) is 79.3 Å². The van der Waals surface area contributed by atoms with Crippen LogP contribution in [0.3, 0.4) is 0 Å². The maximum Gasteiger partial charge on any atom is 0.434 e. The Balaban J connectivity index is 1.60. The van der Waals surface area contributed by atoms with Crippen LogP contribution in [-0.4, -0.2) is 77.2 Å². The minimum atomic E-state index is -5.76. The molecule has 1 N–H and O–H groups in total. The van der Waals surface area contributed by atoms with E-state index in [0.717, 1.165) is 29.8 Å². The van der Waals surface area contributed by atoms with Crippen molar-refractivity contribution in [3.63, 3.8) is 0 Å². The number of hydrogen-bond donors (Lipinski definition) is 1. The molecule has 1 spiro atoms. The van der Waals surface area contributed by atoms with Crippen LogP contribution in [0.1, 0.15) is 44.1 Å². The maximum atomic E-state index is 12.8. The Hall–Kier alpha value is -2.41. The molecule has 1 aromatic carbocycles. The zero-order valence-corrected chi connectivity index (χ0v) is 20.5. The lowest BCUT2D eigenvalue weighted by Gasteiger charge is -2.45. The number of benzene rings is 1. The third-order valence-electron chi connectivity index (χ3n) is 6.61. The molecule has 0 atom stereocenters. The highest BCUT2D eigenvalue weighted by Crippen LogP contribution is 2.41. The van der Waals surface area contributed by atoms with Crippen LogP contribution in [0, 0.1) is 0 Å². The van der Waals surface area contributed by atoms with E-state index in [1.807, 2.05) is 0 Å². The van der Waals surface area contributed by atoms with Crippen LogP contribution in [0.15, 0.2) is 18.2 Å². The second-order valence-corrected chi connectivity index (χ2v) is 9.66. The van der Waals surface area contributed by atoms with Crippen LogP contribution in [-0.2, 0) is 16.1 Å². The first-order valence-corrected chi connectivity index (χ1v) is 12.1. The monoisotopic (exact) mass is 560 g/mol. The van der Waals surface area contributed by atoms with Gasteiger partial charge in [0, 0.05) is 36.6 Å². The minimum absolute atomic E-state index is 0.0264. The van der Waals surface area contributed by atoms with Crippen molar-refractivity contribution < 1.29 is 50.5 Å². The minimum Gasteiger partial charge on any atom is -0.494 e. The number of aliphatic carboxylic acids is 1. The largest absolute Gasteiger partial charge is 0.494 e. The smallest absolute Gasteiger partial charge is 0.434 e. The molecule has 2 aliphatic rings. The lowest BCUT2D eigenvalue weighted by molar-refractivity contribution is -0.308. The summed E-state index contributed by atoms with van der Waals surface area (Å²) in [6, 6.07) is 5.17. The molecule has 1 amide bonds. The lowest BCUT2D eigenvalue weighted by Crippen LogP contribution is -2.54. The fourth-order valence-corrected chi connectivity index (χ4v) is 5.08. The van der Waals surface area contributed by atoms with E-state index >= 15 is 0 Å². The van der Waals surface area contributed by atoms with Crippen LogP contribution < -0.4 is 4.74 Å². The zero-order valence-electron chi connectivity index (χ0n) is 19.7. The van der Waals surface area contributed by atoms with Gasteiger partial charge in [0.25, 0.3) is 6.10 Å². The van der Waals surface area contributed by atoms with Gasteiger partial charge < -0.3 is 19.5 Å². The van der Waals surface area contributed by atoms with Crippen LogP contribution in [0.25, 0.3) is 0 Å². The molecule has 2 saturated heterocycles. The fourth-order valence-electron chi connectivity index (χ4n) is 4.84. The van der Waals surface area contributed by atoms with Crippen molar-refractivity contribution in [3.8, 4) is 5.75 Å². The van der Waals surface area contributed by atoms with Gasteiger partial charge in [0.05, 0.1) is 6.61 Å². The third kappa shape index (κ3) is 7.79. The maximum absolute atomic E-state index is 12.8. The number of halogens is 7. The first kappa shape index (κ1) is 29.2. The highest BCUT2D eigenvalue weighted by atomic mass is 35.5. The summed E-state index contributed by atoms with van der Waals surface area (Å²) >= 11 is 6.22. The Labute approximate surface area is 214 Å². The van der Waals surface area contributed by atoms with Crippen molar-refractivity contribution in [1.29, 1.82) is 0 Å². The van der Waals surface area contributed by atoms with Gasteiger partial charge in [0.15, 0.2) is 0 Å². The normalized spacial score (nSPS) is 18.4. The van der Waals surface area contributed by atoms with Gasteiger partial charge in [-0.3, -0.25) is 9.69 Å². The van der Waals surface area contributed by atoms with E-state index < -0.39 is 30.5 Å². The molecule has 2 aliphatic heterocycles. The molecule has 0 radical (unpaired) electrons. The first-order valence-electron chi connectivity index (χ1n) is 11.7. The van der Waals surface area contributed by atoms with Crippen molar-refractivity contribution >= 4 is 23.7 Å². The number of likely N-dealkylation sites (tertiary alicyclic amines) is 2. The Kier molecular flexibility index (Phi) is 9.10. The molecule has 37 heavy (non-hydrogen) atoms. The molecular formula is C23H27ClF6N2O5. The Bertz CT molecular complexity index is 952. The van der Waals surface area contributed by atoms with E-state index in [-0.39, 0.29) is 31.7 Å². The number of rotatable bonds is 8. The molecule has 0 aromatic heterocycles. The number of hydrogen-bond acceptors (Lipinski definition) is 5. The van der Waals surface area contributed by atoms with Crippen molar-refractivity contribution in [2.45, 2.75) is 69.1 Å². The number of piperidine rings is 1. The first-order chi connectivity index (χ1) is 17.2. The number of ether oxygens (including phenoxy) is 2. The molecule has 3 rings (SSSR count). The number of carbonyl (C=O) groups excluding carboxylic acids is 1. The summed E-state index contributed by atoms with van der Waals surface area (Å²) in [4.78, 5) is 25.8. The fraction of sp³-hybridized carbons (Fsp3) is 0.652. The highest BCUT2D eigenvalue weighted by molar-refractivity contribution is 6.30. The van der Waals surface area contributed by atoms with Gasteiger partial charge >= 0.3 is 24.4 Å². The number of amides is 1. The molecule has 2 fully saturated rings. The molecule has 0 aliphatic carbocycles. The number of carboxylic acids is 1. The molecule has 0 unspecified atom stereocenters. The van der Waals surface area contributed by atoms with Crippen LogP contribution in [0.5, 0.6) is 5.75 Å². The van der Waals surface area contributed by atoms with Crippen molar-refractivity contribution in [1.82, 2.24) is 9.80 Å². The summed E-state index contributed by atoms with van der Waals surface area (Å²) in [6.07, 6.45) is -14.7. The summed E-state index contributed by atoms with van der Waals surface area (Å²) in [5.74, 6) is -0.433. The van der Waals surface area contributed by atoms with Gasteiger partial charge in [-0.25, -0.2) is 4.79 Å². The van der Waals surface area contributed by atoms with Crippen molar-refractivity contribution in [2.24, 2.45) is 0 Å². The molecule has 14 heteroatoms. The van der Waals surface area contributed by atoms with E-state index in [2.05, 4.69) is 9.64 Å². The Morgan fingerprint density at radius 2 is 1.68 bits per heavy atom. The average molecular weight is 561 g/mol. The Morgan fingerprint density at radius 3 is 2.27 bits per heavy atom. The molecule has 1 aromatic rings. The van der Waals surface area contributed by atoms with Crippen LogP contribution in [0.4, 0.5) is 31.1 Å². The standard InChI is InChI=1S/C23H27ClF6N2O5/c24-16-11-15(12-17(13-16)36-10-1-3-18(33)34)14-32-7-2-4-21(32)5-8-31(9-6-21)20(35)37-19(22(25,26)27)23(28,29)30/h11-13,19H,1-10,14H2,(H,33,34). The predicted molar refractivity (Wildman–Crippen MR) is 119 cm³/mol. The van der Waals surface area contributed by atoms with E-state index in [9.17, 15) is 35.9 Å². The predicted octanol–water partition coefficient (Wildman–Crippen LogP) is 5.64. The lowest BCUT2D eigenvalue weighted by atomic mass is 9.85. The second kappa shape index (κ2) is 11.5. The molecular weight excluding hydrogens is 534 g/mol. The van der Waals surface area contributed by atoms with E-state index in [1.54, 1.807) is 18.2 Å². The SMILES string of the molecule is O=C(O)CCCOc1cc(Cl)cc(CN2CCCC23CCN(C(=O)OC(C(F)(F)F)C(F)(F)F)CC3)c1. The summed E-state index contributed by atoms with van der Waals surface area (Å²) < 4.78 is 86.0. The molecule has 208 valence electrons. The van der Waals surface area contributed by atoms with Crippen LogP contribution in [0.2, 0.25) is 5.02 Å². The average Bonchev–Trinajstić information content (AvgIpc) is 3.14. The van der Waals surface area contributed by atoms with Gasteiger partial charge in [-0.2, -0.15) is 26.3 Å². The van der Waals surface area contributed by atoms with Crippen LogP contribution >= 0.6 is 11.6 Å². The summed E-state index contributed by atoms with van der Waals surface area (Å²) in [5, 5.41) is 9.16.